The minimum atomic E-state index is 0.483. The third kappa shape index (κ3) is 8.37. The first kappa shape index (κ1) is 29.0. The summed E-state index contributed by atoms with van der Waals surface area (Å²) in [6.07, 6.45) is 9.91. The van der Waals surface area contributed by atoms with Crippen LogP contribution in [0.2, 0.25) is 0 Å². The molecular weight excluding hydrogens is 372 g/mol. The van der Waals surface area contributed by atoms with Crippen molar-refractivity contribution in [3.05, 3.63) is 0 Å². The van der Waals surface area contributed by atoms with Crippen molar-refractivity contribution < 1.29 is 0 Å². The Bertz CT molecular complexity index is 500. The van der Waals surface area contributed by atoms with E-state index < -0.39 is 0 Å². The van der Waals surface area contributed by atoms with Crippen LogP contribution in [0.15, 0.2) is 0 Å². The van der Waals surface area contributed by atoms with Crippen LogP contribution in [0.5, 0.6) is 0 Å². The molecule has 8 atom stereocenters. The van der Waals surface area contributed by atoms with Gasteiger partial charge in [0.15, 0.2) is 0 Å². The topological polar surface area (TPSA) is 0 Å². The smallest absolute Gasteiger partial charge is 0.0263 e. The molecule has 0 bridgehead atoms. The molecule has 0 aromatic heterocycles. The maximum absolute atomic E-state index is 2.64. The standard InChI is InChI=1S/C31H62/c1-14-23(6)15-16-28(25(8)17-24(7)21(2)3)18-27(10)31(13)20-29(31)30(11,12)19-26(9)22(4)5/h21-29H,14-20H2,1-13H3. The molecule has 0 aliphatic heterocycles. The normalized spacial score (nSPS) is 27.8. The second-order valence-corrected chi connectivity index (χ2v) is 14.1. The minimum absolute atomic E-state index is 0.483. The largest absolute Gasteiger partial charge is 0.0651 e. The van der Waals surface area contributed by atoms with E-state index in [-0.39, 0.29) is 0 Å². The Kier molecular flexibility index (Phi) is 11.2. The fourth-order valence-electron chi connectivity index (χ4n) is 6.41. The van der Waals surface area contributed by atoms with Gasteiger partial charge in [-0.1, -0.05) is 103 Å². The van der Waals surface area contributed by atoms with Gasteiger partial charge in [-0.15, -0.1) is 0 Å². The van der Waals surface area contributed by atoms with Gasteiger partial charge in [-0.05, 0) is 96.2 Å². The predicted molar refractivity (Wildman–Crippen MR) is 142 cm³/mol. The SMILES string of the molecule is CCC(C)CCC(CC(C)C1(C)CC1C(C)(C)CC(C)C(C)C)C(C)CC(C)C(C)C. The Balaban J connectivity index is 2.83. The van der Waals surface area contributed by atoms with Crippen molar-refractivity contribution in [3.8, 4) is 0 Å². The maximum Gasteiger partial charge on any atom is -0.0263 e. The van der Waals surface area contributed by atoms with Crippen LogP contribution < -0.4 is 0 Å². The van der Waals surface area contributed by atoms with Gasteiger partial charge in [0.1, 0.15) is 0 Å². The molecule has 0 N–H and O–H groups in total. The average Bonchev–Trinajstić information content (AvgIpc) is 3.38. The molecule has 0 aromatic carbocycles. The van der Waals surface area contributed by atoms with E-state index in [1.807, 2.05) is 0 Å². The lowest BCUT2D eigenvalue weighted by molar-refractivity contribution is 0.136. The second kappa shape index (κ2) is 11.9. The Hall–Kier alpha value is 0. The highest BCUT2D eigenvalue weighted by atomic mass is 14.6. The molecule has 0 aromatic rings. The molecule has 1 aliphatic rings. The van der Waals surface area contributed by atoms with E-state index in [9.17, 15) is 0 Å². The van der Waals surface area contributed by atoms with E-state index in [4.69, 9.17) is 0 Å². The number of rotatable bonds is 15. The maximum atomic E-state index is 2.64. The summed E-state index contributed by atoms with van der Waals surface area (Å²) >= 11 is 0. The van der Waals surface area contributed by atoms with Gasteiger partial charge in [-0.3, -0.25) is 0 Å². The van der Waals surface area contributed by atoms with E-state index in [0.29, 0.717) is 10.8 Å². The molecule has 0 saturated heterocycles. The van der Waals surface area contributed by atoms with Crippen LogP contribution in [0, 0.1) is 64.1 Å². The van der Waals surface area contributed by atoms with E-state index in [2.05, 4.69) is 90.0 Å². The first-order valence-electron chi connectivity index (χ1n) is 14.2. The lowest BCUT2D eigenvalue weighted by Gasteiger charge is -2.36. The summed E-state index contributed by atoms with van der Waals surface area (Å²) in [6.45, 7) is 32.3. The summed E-state index contributed by atoms with van der Waals surface area (Å²) in [5, 5.41) is 0. The van der Waals surface area contributed by atoms with Gasteiger partial charge in [0.25, 0.3) is 0 Å². The van der Waals surface area contributed by atoms with E-state index in [1.165, 1.54) is 44.9 Å². The molecule has 0 amide bonds. The summed E-state index contributed by atoms with van der Waals surface area (Å²) in [7, 11) is 0. The van der Waals surface area contributed by atoms with Crippen molar-refractivity contribution >= 4 is 0 Å². The summed E-state index contributed by atoms with van der Waals surface area (Å²) in [5.41, 5.74) is 1.05. The van der Waals surface area contributed by atoms with Crippen molar-refractivity contribution in [3.63, 3.8) is 0 Å². The molecular formula is C31H62. The Morgan fingerprint density at radius 1 is 0.774 bits per heavy atom. The van der Waals surface area contributed by atoms with Crippen molar-refractivity contribution in [1.82, 2.24) is 0 Å². The number of hydrogen-bond donors (Lipinski definition) is 0. The molecule has 0 radical (unpaired) electrons. The molecule has 1 aliphatic carbocycles. The van der Waals surface area contributed by atoms with Crippen LogP contribution in [-0.2, 0) is 0 Å². The zero-order valence-electron chi connectivity index (χ0n) is 24.1. The van der Waals surface area contributed by atoms with Gasteiger partial charge in [0.05, 0.1) is 0 Å². The molecule has 0 spiro atoms. The molecule has 186 valence electrons. The Labute approximate surface area is 199 Å². The van der Waals surface area contributed by atoms with Crippen LogP contribution in [-0.4, -0.2) is 0 Å². The van der Waals surface area contributed by atoms with Gasteiger partial charge in [0.2, 0.25) is 0 Å². The van der Waals surface area contributed by atoms with Crippen molar-refractivity contribution in [2.45, 2.75) is 135 Å². The molecule has 8 unspecified atom stereocenters. The van der Waals surface area contributed by atoms with Gasteiger partial charge in [0, 0.05) is 0 Å². The van der Waals surface area contributed by atoms with Crippen LogP contribution in [0.1, 0.15) is 135 Å². The van der Waals surface area contributed by atoms with Crippen molar-refractivity contribution in [1.29, 1.82) is 0 Å². The van der Waals surface area contributed by atoms with Gasteiger partial charge in [-0.2, -0.15) is 0 Å². The molecule has 1 rings (SSSR count). The summed E-state index contributed by atoms with van der Waals surface area (Å²) in [6, 6.07) is 0. The Morgan fingerprint density at radius 2 is 1.32 bits per heavy atom. The number of hydrogen-bond acceptors (Lipinski definition) is 0. The highest BCUT2D eigenvalue weighted by Gasteiger charge is 2.59. The quantitative estimate of drug-likeness (QED) is 0.240. The highest BCUT2D eigenvalue weighted by Crippen LogP contribution is 2.67. The van der Waals surface area contributed by atoms with Gasteiger partial charge >= 0.3 is 0 Å². The Morgan fingerprint density at radius 3 is 1.81 bits per heavy atom. The highest BCUT2D eigenvalue weighted by molar-refractivity contribution is 5.08. The fraction of sp³-hybridized carbons (Fsp3) is 1.00. The first-order valence-corrected chi connectivity index (χ1v) is 14.2. The van der Waals surface area contributed by atoms with E-state index >= 15 is 0 Å². The second-order valence-electron chi connectivity index (χ2n) is 14.1. The zero-order valence-corrected chi connectivity index (χ0v) is 24.1. The van der Waals surface area contributed by atoms with E-state index in [0.717, 1.165) is 53.3 Å². The van der Waals surface area contributed by atoms with Crippen LogP contribution in [0.4, 0.5) is 0 Å². The summed E-state index contributed by atoms with van der Waals surface area (Å²) < 4.78 is 0. The lowest BCUT2D eigenvalue weighted by Crippen LogP contribution is -2.27. The molecule has 0 nitrogen and oxygen atoms in total. The third-order valence-electron chi connectivity index (χ3n) is 10.4. The zero-order chi connectivity index (χ0) is 24.1. The van der Waals surface area contributed by atoms with Crippen molar-refractivity contribution in [2.75, 3.05) is 0 Å². The van der Waals surface area contributed by atoms with Gasteiger partial charge < -0.3 is 0 Å². The molecule has 0 heteroatoms. The molecule has 1 saturated carbocycles. The van der Waals surface area contributed by atoms with Gasteiger partial charge in [-0.25, -0.2) is 0 Å². The first-order chi connectivity index (χ1) is 14.2. The van der Waals surface area contributed by atoms with E-state index in [1.54, 1.807) is 0 Å². The van der Waals surface area contributed by atoms with Crippen LogP contribution >= 0.6 is 0 Å². The molecule has 1 fully saturated rings. The summed E-state index contributed by atoms with van der Waals surface area (Å²) in [4.78, 5) is 0. The lowest BCUT2D eigenvalue weighted by atomic mass is 9.69. The van der Waals surface area contributed by atoms with Crippen LogP contribution in [0.25, 0.3) is 0 Å². The summed E-state index contributed by atoms with van der Waals surface area (Å²) in [5.74, 6) is 7.70. The molecule has 31 heavy (non-hydrogen) atoms. The average molecular weight is 435 g/mol. The predicted octanol–water partition coefficient (Wildman–Crippen LogP) is 10.5. The van der Waals surface area contributed by atoms with Crippen molar-refractivity contribution in [2.24, 2.45) is 64.1 Å². The monoisotopic (exact) mass is 434 g/mol. The van der Waals surface area contributed by atoms with Crippen LogP contribution in [0.3, 0.4) is 0 Å². The third-order valence-corrected chi connectivity index (χ3v) is 10.4. The fourth-order valence-corrected chi connectivity index (χ4v) is 6.41. The minimum Gasteiger partial charge on any atom is -0.0651 e. The molecule has 0 heterocycles.